The first-order chi connectivity index (χ1) is 9.02. The number of hydrogen-bond donors (Lipinski definition) is 5. The fourth-order valence-electron chi connectivity index (χ4n) is 2.11. The summed E-state index contributed by atoms with van der Waals surface area (Å²) in [6.07, 6.45) is -4.77. The average molecular weight is 269 g/mol. The lowest BCUT2D eigenvalue weighted by Crippen LogP contribution is -2.61. The molecule has 1 aromatic rings. The molecular weight excluding hydrogens is 250 g/mol. The van der Waals surface area contributed by atoms with Crippen molar-refractivity contribution in [3.05, 3.63) is 29.8 Å². The number of aryl methyl sites for hydroxylation is 1. The molecule has 1 aliphatic heterocycles. The van der Waals surface area contributed by atoms with Crippen molar-refractivity contribution in [1.82, 2.24) is 0 Å². The van der Waals surface area contributed by atoms with Gasteiger partial charge in [-0.05, 0) is 19.1 Å². The lowest BCUT2D eigenvalue weighted by molar-refractivity contribution is -0.255. The van der Waals surface area contributed by atoms with Gasteiger partial charge in [-0.2, -0.15) is 0 Å². The van der Waals surface area contributed by atoms with Crippen molar-refractivity contribution >= 4 is 5.69 Å². The third kappa shape index (κ3) is 3.05. The van der Waals surface area contributed by atoms with Crippen LogP contribution in [0, 0.1) is 6.92 Å². The molecule has 0 bridgehead atoms. The lowest BCUT2D eigenvalue weighted by Gasteiger charge is -2.40. The molecule has 1 heterocycles. The number of aliphatic hydroxyl groups is 4. The highest BCUT2D eigenvalue weighted by atomic mass is 16.6. The zero-order valence-corrected chi connectivity index (χ0v) is 10.6. The van der Waals surface area contributed by atoms with Crippen LogP contribution in [0.25, 0.3) is 0 Å². The summed E-state index contributed by atoms with van der Waals surface area (Å²) in [6, 6.07) is 6.58. The smallest absolute Gasteiger partial charge is 0.183 e. The number of hydrogen-bond acceptors (Lipinski definition) is 6. The van der Waals surface area contributed by atoms with Crippen molar-refractivity contribution in [2.24, 2.45) is 0 Å². The van der Waals surface area contributed by atoms with Crippen LogP contribution in [0.5, 0.6) is 0 Å². The van der Waals surface area contributed by atoms with E-state index in [1.165, 1.54) is 0 Å². The van der Waals surface area contributed by atoms with Crippen LogP contribution in [0.1, 0.15) is 5.56 Å². The maximum atomic E-state index is 10.0. The van der Waals surface area contributed by atoms with Crippen LogP contribution in [0.4, 0.5) is 5.69 Å². The molecule has 5 atom stereocenters. The summed E-state index contributed by atoms with van der Waals surface area (Å²) in [6.45, 7) is 1.52. The van der Waals surface area contributed by atoms with Gasteiger partial charge in [-0.1, -0.05) is 17.7 Å². The van der Waals surface area contributed by atoms with E-state index < -0.39 is 37.3 Å². The summed E-state index contributed by atoms with van der Waals surface area (Å²) < 4.78 is 4.91. The van der Waals surface area contributed by atoms with Gasteiger partial charge in [0.05, 0.1) is 12.6 Å². The Labute approximate surface area is 111 Å². The summed E-state index contributed by atoms with van der Waals surface area (Å²) >= 11 is 0. The highest BCUT2D eigenvalue weighted by molar-refractivity contribution is 5.46. The summed E-state index contributed by atoms with van der Waals surface area (Å²) in [7, 11) is 0. The Hall–Kier alpha value is -1.18. The van der Waals surface area contributed by atoms with Crippen LogP contribution >= 0.6 is 0 Å². The highest BCUT2D eigenvalue weighted by Crippen LogP contribution is 2.23. The van der Waals surface area contributed by atoms with Crippen LogP contribution in [0.3, 0.4) is 0 Å². The molecule has 1 aliphatic rings. The van der Waals surface area contributed by atoms with E-state index in [1.807, 2.05) is 31.2 Å². The number of ether oxygens (including phenoxy) is 1. The van der Waals surface area contributed by atoms with E-state index >= 15 is 0 Å². The average Bonchev–Trinajstić information content (AvgIpc) is 2.41. The van der Waals surface area contributed by atoms with Gasteiger partial charge in [-0.25, -0.2) is 0 Å². The van der Waals surface area contributed by atoms with E-state index in [2.05, 4.69) is 5.32 Å². The second-order valence-electron chi connectivity index (χ2n) is 4.77. The molecular formula is C13H19NO5. The Morgan fingerprint density at radius 3 is 2.32 bits per heavy atom. The fraction of sp³-hybridized carbons (Fsp3) is 0.538. The normalized spacial score (nSPS) is 35.1. The summed E-state index contributed by atoms with van der Waals surface area (Å²) in [5, 5.41) is 41.5. The number of nitrogens with one attached hydrogen (secondary N) is 1. The SMILES string of the molecule is Cc1ccc(N[C@H]2[C@@H](O)[C@H](O)O[C@H](CO)[C@@H]2O)cc1. The van der Waals surface area contributed by atoms with Crippen LogP contribution in [0.15, 0.2) is 24.3 Å². The molecule has 5 N–H and O–H groups in total. The Kier molecular flexibility index (Phi) is 4.38. The molecule has 106 valence electrons. The van der Waals surface area contributed by atoms with Crippen LogP contribution < -0.4 is 5.32 Å². The van der Waals surface area contributed by atoms with Gasteiger partial charge in [-0.15, -0.1) is 0 Å². The Morgan fingerprint density at radius 2 is 1.74 bits per heavy atom. The van der Waals surface area contributed by atoms with E-state index in [-0.39, 0.29) is 0 Å². The van der Waals surface area contributed by atoms with E-state index in [0.29, 0.717) is 5.69 Å². The molecule has 1 aromatic carbocycles. The predicted octanol–water partition coefficient (Wildman–Crippen LogP) is -0.793. The van der Waals surface area contributed by atoms with Gasteiger partial charge in [0.2, 0.25) is 0 Å². The first-order valence-electron chi connectivity index (χ1n) is 6.16. The van der Waals surface area contributed by atoms with Crippen molar-refractivity contribution in [3.63, 3.8) is 0 Å². The first kappa shape index (κ1) is 14.2. The number of aliphatic hydroxyl groups excluding tert-OH is 4. The number of benzene rings is 1. The van der Waals surface area contributed by atoms with Crippen molar-refractivity contribution < 1.29 is 25.2 Å². The number of rotatable bonds is 3. The van der Waals surface area contributed by atoms with E-state index in [9.17, 15) is 15.3 Å². The Balaban J connectivity index is 2.13. The second kappa shape index (κ2) is 5.85. The minimum atomic E-state index is -1.44. The summed E-state index contributed by atoms with van der Waals surface area (Å²) in [5.41, 5.74) is 1.80. The molecule has 1 saturated heterocycles. The molecule has 0 aromatic heterocycles. The van der Waals surface area contributed by atoms with Crippen LogP contribution in [-0.2, 0) is 4.74 Å². The van der Waals surface area contributed by atoms with Gasteiger partial charge < -0.3 is 30.5 Å². The Morgan fingerprint density at radius 1 is 1.11 bits per heavy atom. The van der Waals surface area contributed by atoms with Gasteiger partial charge in [0.25, 0.3) is 0 Å². The first-order valence-corrected chi connectivity index (χ1v) is 6.16. The summed E-state index contributed by atoms with van der Waals surface area (Å²) in [4.78, 5) is 0. The molecule has 0 aliphatic carbocycles. The maximum absolute atomic E-state index is 10.0. The van der Waals surface area contributed by atoms with Gasteiger partial charge >= 0.3 is 0 Å². The molecule has 19 heavy (non-hydrogen) atoms. The fourth-order valence-corrected chi connectivity index (χ4v) is 2.11. The zero-order chi connectivity index (χ0) is 14.0. The minimum absolute atomic E-state index is 0.434. The molecule has 0 saturated carbocycles. The van der Waals surface area contributed by atoms with Gasteiger partial charge in [-0.3, -0.25) is 0 Å². The third-order valence-electron chi connectivity index (χ3n) is 3.29. The number of anilines is 1. The van der Waals surface area contributed by atoms with Gasteiger partial charge in [0.15, 0.2) is 6.29 Å². The van der Waals surface area contributed by atoms with E-state index in [1.54, 1.807) is 0 Å². The predicted molar refractivity (Wildman–Crippen MR) is 68.6 cm³/mol. The van der Waals surface area contributed by atoms with Crippen LogP contribution in [0.2, 0.25) is 0 Å². The quantitative estimate of drug-likeness (QED) is 0.493. The monoisotopic (exact) mass is 269 g/mol. The van der Waals surface area contributed by atoms with Crippen molar-refractivity contribution in [2.75, 3.05) is 11.9 Å². The molecule has 0 spiro atoms. The highest BCUT2D eigenvalue weighted by Gasteiger charge is 2.43. The molecule has 6 nitrogen and oxygen atoms in total. The molecule has 6 heteroatoms. The van der Waals surface area contributed by atoms with Crippen LogP contribution in [-0.4, -0.2) is 57.7 Å². The van der Waals surface area contributed by atoms with Gasteiger partial charge in [0, 0.05) is 5.69 Å². The minimum Gasteiger partial charge on any atom is -0.394 e. The van der Waals surface area contributed by atoms with Crippen molar-refractivity contribution in [3.8, 4) is 0 Å². The second-order valence-corrected chi connectivity index (χ2v) is 4.77. The molecule has 1 fully saturated rings. The topological polar surface area (TPSA) is 102 Å². The zero-order valence-electron chi connectivity index (χ0n) is 10.6. The van der Waals surface area contributed by atoms with Gasteiger partial charge in [0.1, 0.15) is 18.3 Å². The molecule has 0 radical (unpaired) electrons. The standard InChI is InChI=1S/C13H19NO5/c1-7-2-4-8(5-3-7)14-10-11(16)9(6-15)19-13(18)12(10)17/h2-5,9-18H,6H2,1H3/t9-,10-,11+,12-,13-/m1/s1. The lowest BCUT2D eigenvalue weighted by atomic mass is 9.96. The van der Waals surface area contributed by atoms with E-state index in [0.717, 1.165) is 5.56 Å². The third-order valence-corrected chi connectivity index (χ3v) is 3.29. The van der Waals surface area contributed by atoms with Crippen molar-refractivity contribution in [2.45, 2.75) is 37.6 Å². The Bertz CT molecular complexity index is 410. The molecule has 0 amide bonds. The maximum Gasteiger partial charge on any atom is 0.183 e. The largest absolute Gasteiger partial charge is 0.394 e. The van der Waals surface area contributed by atoms with Crippen molar-refractivity contribution in [1.29, 1.82) is 0 Å². The molecule has 2 rings (SSSR count). The molecule has 0 unspecified atom stereocenters. The summed E-state index contributed by atoms with van der Waals surface area (Å²) in [5.74, 6) is 0. The van der Waals surface area contributed by atoms with E-state index in [4.69, 9.17) is 9.84 Å².